The van der Waals surface area contributed by atoms with Crippen molar-refractivity contribution in [2.24, 2.45) is 0 Å². The zero-order valence-electron chi connectivity index (χ0n) is 4.04. The molecule has 0 atom stereocenters. The van der Waals surface area contributed by atoms with Gasteiger partial charge in [0.1, 0.15) is 0 Å². The summed E-state index contributed by atoms with van der Waals surface area (Å²) in [5.41, 5.74) is 0. The number of hydrogen-bond donors (Lipinski definition) is 0. The molecule has 1 aliphatic rings. The molecular formula is C4H8GdNO-. The Morgan fingerprint density at radius 3 is 1.86 bits per heavy atom. The van der Waals surface area contributed by atoms with Crippen LogP contribution in [0.15, 0.2) is 0 Å². The maximum Gasteiger partial charge on any atom is 0.0277 e. The van der Waals surface area contributed by atoms with Crippen LogP contribution in [0.1, 0.15) is 0 Å². The summed E-state index contributed by atoms with van der Waals surface area (Å²) in [5.74, 6) is 0. The van der Waals surface area contributed by atoms with Crippen LogP contribution in [-0.2, 0) is 4.74 Å². The second-order valence-electron chi connectivity index (χ2n) is 1.28. The average molecular weight is 243 g/mol. The van der Waals surface area contributed by atoms with E-state index in [2.05, 4.69) is 5.32 Å². The van der Waals surface area contributed by atoms with E-state index < -0.39 is 0 Å². The minimum atomic E-state index is 0. The monoisotopic (exact) mass is 244 g/mol. The van der Waals surface area contributed by atoms with E-state index in [-0.39, 0.29) is 39.9 Å². The zero-order valence-corrected chi connectivity index (χ0v) is 6.31. The van der Waals surface area contributed by atoms with Crippen molar-refractivity contribution in [1.82, 2.24) is 0 Å². The van der Waals surface area contributed by atoms with Crippen LogP contribution in [0.5, 0.6) is 0 Å². The second-order valence-corrected chi connectivity index (χ2v) is 1.28. The normalized spacial score (nSPS) is 20.6. The maximum absolute atomic E-state index is 4.98. The molecule has 0 aromatic heterocycles. The summed E-state index contributed by atoms with van der Waals surface area (Å²) in [6.45, 7) is 3.47. The Morgan fingerprint density at radius 1 is 1.14 bits per heavy atom. The van der Waals surface area contributed by atoms with E-state index in [9.17, 15) is 0 Å². The largest absolute Gasteiger partial charge is 0.659 e. The van der Waals surface area contributed by atoms with E-state index >= 15 is 0 Å². The molecule has 3 heteroatoms. The van der Waals surface area contributed by atoms with Crippen molar-refractivity contribution in [1.29, 1.82) is 0 Å². The molecule has 1 aliphatic heterocycles. The van der Waals surface area contributed by atoms with E-state index in [1.165, 1.54) is 0 Å². The van der Waals surface area contributed by atoms with E-state index in [0.29, 0.717) is 0 Å². The number of hydrogen-bond acceptors (Lipinski definition) is 1. The van der Waals surface area contributed by atoms with Crippen LogP contribution in [-0.4, -0.2) is 26.3 Å². The number of nitrogens with zero attached hydrogens (tertiary/aromatic N) is 1. The summed E-state index contributed by atoms with van der Waals surface area (Å²) in [7, 11) is 0. The topological polar surface area (TPSA) is 23.3 Å². The molecule has 0 bridgehead atoms. The van der Waals surface area contributed by atoms with Gasteiger partial charge in [0.25, 0.3) is 0 Å². The van der Waals surface area contributed by atoms with Gasteiger partial charge >= 0.3 is 0 Å². The Hall–Kier alpha value is 1.24. The molecular weight excluding hydrogens is 235 g/mol. The third-order valence-corrected chi connectivity index (χ3v) is 0.787. The van der Waals surface area contributed by atoms with Crippen molar-refractivity contribution in [3.8, 4) is 0 Å². The number of rotatable bonds is 0. The van der Waals surface area contributed by atoms with Crippen molar-refractivity contribution in [3.05, 3.63) is 5.32 Å². The third-order valence-electron chi connectivity index (χ3n) is 0.787. The predicted molar refractivity (Wildman–Crippen MR) is 23.9 cm³/mol. The van der Waals surface area contributed by atoms with Crippen LogP contribution < -0.4 is 0 Å². The van der Waals surface area contributed by atoms with E-state index in [1.54, 1.807) is 0 Å². The standard InChI is InChI=1S/C4H8NO.Gd/c1-3-6-4-2-5-1;/h1-4H2;/q-1;. The van der Waals surface area contributed by atoms with Gasteiger partial charge < -0.3 is 10.1 Å². The maximum atomic E-state index is 4.98. The van der Waals surface area contributed by atoms with E-state index in [0.717, 1.165) is 26.3 Å². The number of morpholine rings is 1. The van der Waals surface area contributed by atoms with Crippen molar-refractivity contribution >= 4 is 0 Å². The van der Waals surface area contributed by atoms with Gasteiger partial charge in [-0.2, -0.15) is 0 Å². The van der Waals surface area contributed by atoms with E-state index in [1.807, 2.05) is 0 Å². The molecule has 7 heavy (non-hydrogen) atoms. The molecule has 0 amide bonds. The Labute approximate surface area is 75.7 Å². The van der Waals surface area contributed by atoms with Gasteiger partial charge in [-0.1, -0.05) is 0 Å². The summed E-state index contributed by atoms with van der Waals surface area (Å²) >= 11 is 0. The molecule has 1 rings (SSSR count). The first kappa shape index (κ1) is 8.24. The molecule has 0 aliphatic carbocycles. The predicted octanol–water partition coefficient (Wildman–Crippen LogP) is 0.390. The van der Waals surface area contributed by atoms with E-state index in [4.69, 9.17) is 4.74 Å². The van der Waals surface area contributed by atoms with Crippen LogP contribution in [0.3, 0.4) is 0 Å². The van der Waals surface area contributed by atoms with Gasteiger partial charge in [-0.05, 0) is 0 Å². The molecule has 0 aromatic rings. The molecule has 1 saturated heterocycles. The SMILES string of the molecule is C1COCC[N-]1.[Gd]. The Kier molecular flexibility index (Phi) is 6.34. The molecule has 44 valence electrons. The summed E-state index contributed by atoms with van der Waals surface area (Å²) in [6, 6.07) is 0. The van der Waals surface area contributed by atoms with Crippen molar-refractivity contribution < 1.29 is 44.7 Å². The smallest absolute Gasteiger partial charge is 0.0277 e. The molecule has 0 radical (unpaired) electrons. The third kappa shape index (κ3) is 3.80. The van der Waals surface area contributed by atoms with Crippen LogP contribution in [0.2, 0.25) is 0 Å². The second kappa shape index (κ2) is 5.38. The Morgan fingerprint density at radius 2 is 1.71 bits per heavy atom. The van der Waals surface area contributed by atoms with Gasteiger partial charge in [0.2, 0.25) is 0 Å². The summed E-state index contributed by atoms with van der Waals surface area (Å²) < 4.78 is 4.98. The summed E-state index contributed by atoms with van der Waals surface area (Å²) in [4.78, 5) is 0. The Bertz CT molecular complexity index is 27.2. The first-order valence-electron chi connectivity index (χ1n) is 2.21. The first-order chi connectivity index (χ1) is 3.00. The zero-order chi connectivity index (χ0) is 4.24. The molecule has 0 spiro atoms. The first-order valence-corrected chi connectivity index (χ1v) is 2.21. The summed E-state index contributed by atoms with van der Waals surface area (Å²) in [6.07, 6.45) is 0. The molecule has 1 fully saturated rings. The minimum absolute atomic E-state index is 0. The minimum Gasteiger partial charge on any atom is -0.659 e. The van der Waals surface area contributed by atoms with Crippen LogP contribution in [0, 0.1) is 39.9 Å². The molecule has 1 heterocycles. The fourth-order valence-corrected chi connectivity index (χ4v) is 0.472. The van der Waals surface area contributed by atoms with Gasteiger partial charge in [0, 0.05) is 53.2 Å². The van der Waals surface area contributed by atoms with Gasteiger partial charge in [-0.15, -0.1) is 13.1 Å². The van der Waals surface area contributed by atoms with Crippen molar-refractivity contribution in [2.45, 2.75) is 0 Å². The van der Waals surface area contributed by atoms with Crippen molar-refractivity contribution in [2.75, 3.05) is 26.3 Å². The average Bonchev–Trinajstić information content (AvgIpc) is 1.72. The van der Waals surface area contributed by atoms with Gasteiger partial charge in [-0.25, -0.2) is 0 Å². The Balaban J connectivity index is 0.000000360. The molecule has 0 unspecified atom stereocenters. The molecule has 0 N–H and O–H groups in total. The summed E-state index contributed by atoms with van der Waals surface area (Å²) in [5, 5.41) is 4.05. The fourth-order valence-electron chi connectivity index (χ4n) is 0.472. The van der Waals surface area contributed by atoms with Crippen LogP contribution >= 0.6 is 0 Å². The van der Waals surface area contributed by atoms with Gasteiger partial charge in [0.05, 0.1) is 0 Å². The molecule has 0 aromatic carbocycles. The van der Waals surface area contributed by atoms with Gasteiger partial charge in [-0.3, -0.25) is 0 Å². The quantitative estimate of drug-likeness (QED) is 0.604. The molecule has 0 saturated carbocycles. The molecule has 2 nitrogen and oxygen atoms in total. The van der Waals surface area contributed by atoms with Gasteiger partial charge in [0.15, 0.2) is 0 Å². The number of ether oxygens (including phenoxy) is 1. The van der Waals surface area contributed by atoms with Crippen LogP contribution in [0.4, 0.5) is 0 Å². The fraction of sp³-hybridized carbons (Fsp3) is 1.00. The van der Waals surface area contributed by atoms with Crippen molar-refractivity contribution in [3.63, 3.8) is 0 Å². The van der Waals surface area contributed by atoms with Crippen LogP contribution in [0.25, 0.3) is 5.32 Å².